The number of aromatic nitrogens is 3. The van der Waals surface area contributed by atoms with Crippen LogP contribution in [0.2, 0.25) is 0 Å². The maximum Gasteiger partial charge on any atom is 0.191 e. The lowest BCUT2D eigenvalue weighted by atomic mass is 10.2. The van der Waals surface area contributed by atoms with E-state index in [9.17, 15) is 0 Å². The van der Waals surface area contributed by atoms with Gasteiger partial charge in [0, 0.05) is 38.8 Å². The zero-order valence-corrected chi connectivity index (χ0v) is 15.7. The Bertz CT molecular complexity index is 587. The second kappa shape index (κ2) is 10.9. The van der Waals surface area contributed by atoms with Crippen LogP contribution in [0.1, 0.15) is 12.5 Å². The highest BCUT2D eigenvalue weighted by Gasteiger charge is 2.00. The van der Waals surface area contributed by atoms with E-state index >= 15 is 0 Å². The number of hydrogen-bond donors (Lipinski definition) is 2. The third-order valence-corrected chi connectivity index (χ3v) is 2.94. The lowest BCUT2D eigenvalue weighted by Gasteiger charge is -2.11. The van der Waals surface area contributed by atoms with Crippen LogP contribution in [-0.2, 0) is 11.3 Å². The van der Waals surface area contributed by atoms with Gasteiger partial charge >= 0.3 is 0 Å². The van der Waals surface area contributed by atoms with Gasteiger partial charge < -0.3 is 15.4 Å². The predicted molar refractivity (Wildman–Crippen MR) is 101 cm³/mol. The molecule has 0 radical (unpaired) electrons. The predicted octanol–water partition coefficient (Wildman–Crippen LogP) is 1.59. The number of pyridine rings is 1. The maximum atomic E-state index is 5.03. The number of guanidine groups is 1. The first-order valence-corrected chi connectivity index (χ1v) is 7.28. The molecule has 0 aromatic carbocycles. The molecule has 2 aromatic rings. The zero-order valence-electron chi connectivity index (χ0n) is 13.4. The van der Waals surface area contributed by atoms with Gasteiger partial charge in [0.2, 0.25) is 0 Å². The van der Waals surface area contributed by atoms with Crippen molar-refractivity contribution in [2.75, 3.05) is 26.8 Å². The molecular weight excluding hydrogens is 407 g/mol. The van der Waals surface area contributed by atoms with Crippen LogP contribution < -0.4 is 10.6 Å². The maximum absolute atomic E-state index is 5.03. The van der Waals surface area contributed by atoms with Crippen molar-refractivity contribution in [3.63, 3.8) is 0 Å². The van der Waals surface area contributed by atoms with Crippen molar-refractivity contribution in [2.45, 2.75) is 13.5 Å². The van der Waals surface area contributed by atoms with Gasteiger partial charge in [0.05, 0.1) is 13.2 Å². The summed E-state index contributed by atoms with van der Waals surface area (Å²) in [6.45, 7) is 4.79. The van der Waals surface area contributed by atoms with Crippen molar-refractivity contribution in [2.24, 2.45) is 4.99 Å². The molecule has 0 amide bonds. The number of rotatable bonds is 7. The number of methoxy groups -OCH3 is 1. The topological polar surface area (TPSA) is 76.4 Å². The van der Waals surface area contributed by atoms with Gasteiger partial charge in [-0.15, -0.1) is 24.0 Å². The molecule has 0 aliphatic heterocycles. The molecule has 2 aromatic heterocycles. The summed E-state index contributed by atoms with van der Waals surface area (Å²) in [7, 11) is 1.68. The van der Waals surface area contributed by atoms with Crippen LogP contribution in [0.15, 0.2) is 42.0 Å². The fourth-order valence-electron chi connectivity index (χ4n) is 1.88. The summed E-state index contributed by atoms with van der Waals surface area (Å²) in [5.41, 5.74) is 1.09. The van der Waals surface area contributed by atoms with Gasteiger partial charge in [0.15, 0.2) is 5.96 Å². The first-order chi connectivity index (χ1) is 10.8. The Balaban J connectivity index is 0.00000264. The van der Waals surface area contributed by atoms with Crippen LogP contribution in [0.3, 0.4) is 0 Å². The number of nitrogens with zero attached hydrogens (tertiary/aromatic N) is 4. The molecule has 126 valence electrons. The van der Waals surface area contributed by atoms with E-state index in [4.69, 9.17) is 4.74 Å². The van der Waals surface area contributed by atoms with E-state index in [0.29, 0.717) is 13.2 Å². The van der Waals surface area contributed by atoms with Crippen molar-refractivity contribution in [1.82, 2.24) is 25.2 Å². The SMILES string of the molecule is CCNC(=NCc1ccnc(-n2ccnc2)c1)NCCOC.I. The van der Waals surface area contributed by atoms with E-state index in [-0.39, 0.29) is 24.0 Å². The van der Waals surface area contributed by atoms with Crippen molar-refractivity contribution >= 4 is 29.9 Å². The second-order valence-corrected chi connectivity index (χ2v) is 4.61. The summed E-state index contributed by atoms with van der Waals surface area (Å²) in [6, 6.07) is 3.96. The summed E-state index contributed by atoms with van der Waals surface area (Å²) in [5.74, 6) is 1.61. The highest BCUT2D eigenvalue weighted by Crippen LogP contribution is 2.07. The van der Waals surface area contributed by atoms with Gasteiger partial charge in [-0.2, -0.15) is 0 Å². The van der Waals surface area contributed by atoms with Crippen molar-refractivity contribution in [1.29, 1.82) is 0 Å². The molecule has 0 fully saturated rings. The molecule has 0 atom stereocenters. The van der Waals surface area contributed by atoms with E-state index < -0.39 is 0 Å². The zero-order chi connectivity index (χ0) is 15.6. The van der Waals surface area contributed by atoms with E-state index in [1.54, 1.807) is 25.8 Å². The molecule has 2 heterocycles. The Kier molecular flexibility index (Phi) is 9.22. The Morgan fingerprint density at radius 3 is 2.91 bits per heavy atom. The van der Waals surface area contributed by atoms with E-state index in [0.717, 1.165) is 30.4 Å². The van der Waals surface area contributed by atoms with E-state index in [2.05, 4.69) is 25.6 Å². The standard InChI is InChI=1S/C15H22N6O.HI/c1-3-17-15(19-7-9-22-2)20-11-13-4-5-18-14(10-13)21-8-6-16-12-21;/h4-6,8,10,12H,3,7,9,11H2,1-2H3,(H2,17,19,20);1H. The van der Waals surface area contributed by atoms with Crippen LogP contribution >= 0.6 is 24.0 Å². The molecule has 0 saturated carbocycles. The molecule has 2 N–H and O–H groups in total. The van der Waals surface area contributed by atoms with Crippen molar-refractivity contribution in [3.05, 3.63) is 42.6 Å². The number of halogens is 1. The fourth-order valence-corrected chi connectivity index (χ4v) is 1.88. The van der Waals surface area contributed by atoms with Crippen molar-refractivity contribution < 1.29 is 4.74 Å². The molecule has 2 rings (SSSR count). The number of hydrogen-bond acceptors (Lipinski definition) is 4. The summed E-state index contributed by atoms with van der Waals surface area (Å²) < 4.78 is 6.90. The monoisotopic (exact) mass is 430 g/mol. The third kappa shape index (κ3) is 6.53. The second-order valence-electron chi connectivity index (χ2n) is 4.61. The summed E-state index contributed by atoms with van der Waals surface area (Å²) in [4.78, 5) is 12.9. The minimum atomic E-state index is 0. The Morgan fingerprint density at radius 1 is 1.35 bits per heavy atom. The summed E-state index contributed by atoms with van der Waals surface area (Å²) in [6.07, 6.45) is 7.11. The van der Waals surface area contributed by atoms with Crippen LogP contribution in [0.4, 0.5) is 0 Å². The molecule has 0 aliphatic rings. The molecule has 0 bridgehead atoms. The molecule has 0 unspecified atom stereocenters. The average molecular weight is 430 g/mol. The smallest absolute Gasteiger partial charge is 0.191 e. The lowest BCUT2D eigenvalue weighted by molar-refractivity contribution is 0.203. The Labute approximate surface area is 153 Å². The van der Waals surface area contributed by atoms with Crippen molar-refractivity contribution in [3.8, 4) is 5.82 Å². The van der Waals surface area contributed by atoms with E-state index in [1.165, 1.54) is 0 Å². The van der Waals surface area contributed by atoms with Gasteiger partial charge in [-0.1, -0.05) is 0 Å². The van der Waals surface area contributed by atoms with Crippen LogP contribution in [0.5, 0.6) is 0 Å². The van der Waals surface area contributed by atoms with Gasteiger partial charge in [-0.25, -0.2) is 15.0 Å². The largest absolute Gasteiger partial charge is 0.383 e. The first kappa shape index (κ1) is 19.4. The van der Waals surface area contributed by atoms with Crippen LogP contribution in [-0.4, -0.2) is 47.3 Å². The minimum absolute atomic E-state index is 0. The van der Waals surface area contributed by atoms with Crippen LogP contribution in [0, 0.1) is 0 Å². The number of ether oxygens (including phenoxy) is 1. The minimum Gasteiger partial charge on any atom is -0.383 e. The van der Waals surface area contributed by atoms with Gasteiger partial charge in [-0.3, -0.25) is 4.57 Å². The molecule has 7 nitrogen and oxygen atoms in total. The first-order valence-electron chi connectivity index (χ1n) is 7.28. The number of aliphatic imine (C=N–C) groups is 1. The molecular formula is C15H23IN6O. The summed E-state index contributed by atoms with van der Waals surface area (Å²) in [5, 5.41) is 6.42. The normalized spacial score (nSPS) is 11.0. The van der Waals surface area contributed by atoms with Crippen LogP contribution in [0.25, 0.3) is 5.82 Å². The summed E-state index contributed by atoms with van der Waals surface area (Å²) >= 11 is 0. The molecule has 8 heteroatoms. The fraction of sp³-hybridized carbons (Fsp3) is 0.400. The highest BCUT2D eigenvalue weighted by molar-refractivity contribution is 14.0. The Morgan fingerprint density at radius 2 is 2.22 bits per heavy atom. The molecule has 0 saturated heterocycles. The molecule has 0 aliphatic carbocycles. The van der Waals surface area contributed by atoms with Gasteiger partial charge in [-0.05, 0) is 24.6 Å². The number of imidazole rings is 1. The highest BCUT2D eigenvalue weighted by atomic mass is 127. The quantitative estimate of drug-likeness (QED) is 0.302. The lowest BCUT2D eigenvalue weighted by Crippen LogP contribution is -2.38. The molecule has 0 spiro atoms. The molecule has 23 heavy (non-hydrogen) atoms. The van der Waals surface area contributed by atoms with E-state index in [1.807, 2.05) is 29.8 Å². The van der Waals surface area contributed by atoms with Gasteiger partial charge in [0.1, 0.15) is 12.1 Å². The number of nitrogens with one attached hydrogen (secondary N) is 2. The Hall–Kier alpha value is -1.68. The average Bonchev–Trinajstić information content (AvgIpc) is 3.07. The third-order valence-electron chi connectivity index (χ3n) is 2.94. The van der Waals surface area contributed by atoms with Gasteiger partial charge in [0.25, 0.3) is 0 Å².